The molecule has 0 aliphatic carbocycles. The SMILES string of the molecule is CCc1cc(=O)[nH]c2cc(NC(=O)C(C)Cl)ccc12. The molecule has 0 saturated heterocycles. The van der Waals surface area contributed by atoms with Crippen LogP contribution < -0.4 is 10.9 Å². The lowest BCUT2D eigenvalue weighted by Crippen LogP contribution is -2.20. The fourth-order valence-electron chi connectivity index (χ4n) is 1.94. The second-order valence-electron chi connectivity index (χ2n) is 4.38. The third-order valence-electron chi connectivity index (χ3n) is 2.94. The zero-order valence-corrected chi connectivity index (χ0v) is 11.5. The van der Waals surface area contributed by atoms with Crippen molar-refractivity contribution in [2.24, 2.45) is 0 Å². The minimum Gasteiger partial charge on any atom is -0.325 e. The minimum absolute atomic E-state index is 0.140. The number of pyridine rings is 1. The fourth-order valence-corrected chi connectivity index (χ4v) is 2.00. The van der Waals surface area contributed by atoms with Gasteiger partial charge in [-0.1, -0.05) is 13.0 Å². The van der Waals surface area contributed by atoms with E-state index in [1.165, 1.54) is 0 Å². The number of hydrogen-bond acceptors (Lipinski definition) is 2. The van der Waals surface area contributed by atoms with Crippen molar-refractivity contribution < 1.29 is 4.79 Å². The molecule has 1 unspecified atom stereocenters. The monoisotopic (exact) mass is 278 g/mol. The number of aromatic amines is 1. The molecule has 5 heteroatoms. The Balaban J connectivity index is 2.46. The van der Waals surface area contributed by atoms with E-state index >= 15 is 0 Å². The number of carbonyl (C=O) groups is 1. The van der Waals surface area contributed by atoms with E-state index in [1.54, 1.807) is 25.1 Å². The summed E-state index contributed by atoms with van der Waals surface area (Å²) in [6, 6.07) is 7.03. The Kier molecular flexibility index (Phi) is 3.90. The van der Waals surface area contributed by atoms with Gasteiger partial charge in [0.15, 0.2) is 0 Å². The van der Waals surface area contributed by atoms with Crippen LogP contribution in [0.3, 0.4) is 0 Å². The third-order valence-corrected chi connectivity index (χ3v) is 3.14. The van der Waals surface area contributed by atoms with Gasteiger partial charge in [-0.25, -0.2) is 0 Å². The van der Waals surface area contributed by atoms with Crippen LogP contribution in [0.15, 0.2) is 29.1 Å². The predicted octanol–water partition coefficient (Wildman–Crippen LogP) is 2.66. The molecule has 4 nitrogen and oxygen atoms in total. The van der Waals surface area contributed by atoms with Gasteiger partial charge >= 0.3 is 0 Å². The molecule has 1 aromatic heterocycles. The maximum absolute atomic E-state index is 11.5. The topological polar surface area (TPSA) is 62.0 Å². The van der Waals surface area contributed by atoms with Crippen LogP contribution in [-0.2, 0) is 11.2 Å². The Morgan fingerprint density at radius 1 is 1.42 bits per heavy atom. The number of rotatable bonds is 3. The molecule has 0 radical (unpaired) electrons. The molecule has 0 bridgehead atoms. The van der Waals surface area contributed by atoms with Gasteiger partial charge in [-0.15, -0.1) is 11.6 Å². The number of amides is 1. The maximum atomic E-state index is 11.5. The number of aromatic nitrogens is 1. The molecule has 1 amide bonds. The summed E-state index contributed by atoms with van der Waals surface area (Å²) >= 11 is 5.70. The summed E-state index contributed by atoms with van der Waals surface area (Å²) in [5.74, 6) is -0.269. The lowest BCUT2D eigenvalue weighted by molar-refractivity contribution is -0.115. The number of H-pyrrole nitrogens is 1. The molecule has 2 aromatic rings. The summed E-state index contributed by atoms with van der Waals surface area (Å²) in [6.07, 6.45) is 0.783. The predicted molar refractivity (Wildman–Crippen MR) is 77.9 cm³/mol. The highest BCUT2D eigenvalue weighted by Crippen LogP contribution is 2.20. The molecular weight excluding hydrogens is 264 g/mol. The molecule has 100 valence electrons. The van der Waals surface area contributed by atoms with E-state index in [9.17, 15) is 9.59 Å². The van der Waals surface area contributed by atoms with Gasteiger partial charge in [0.25, 0.3) is 0 Å². The first-order valence-electron chi connectivity index (χ1n) is 6.12. The average molecular weight is 279 g/mol. The highest BCUT2D eigenvalue weighted by Gasteiger charge is 2.10. The van der Waals surface area contributed by atoms with Crippen molar-refractivity contribution >= 4 is 34.1 Å². The van der Waals surface area contributed by atoms with E-state index in [0.717, 1.165) is 17.4 Å². The minimum atomic E-state index is -0.600. The van der Waals surface area contributed by atoms with E-state index in [-0.39, 0.29) is 11.5 Å². The third kappa shape index (κ3) is 2.96. The number of halogens is 1. The summed E-state index contributed by atoms with van der Waals surface area (Å²) in [5.41, 5.74) is 2.18. The Bertz CT molecular complexity index is 677. The highest BCUT2D eigenvalue weighted by atomic mass is 35.5. The van der Waals surface area contributed by atoms with Crippen LogP contribution in [0, 0.1) is 0 Å². The summed E-state index contributed by atoms with van der Waals surface area (Å²) in [6.45, 7) is 3.61. The zero-order chi connectivity index (χ0) is 14.0. The molecule has 1 atom stereocenters. The second kappa shape index (κ2) is 5.45. The van der Waals surface area contributed by atoms with E-state index in [1.807, 2.05) is 13.0 Å². The summed E-state index contributed by atoms with van der Waals surface area (Å²) in [4.78, 5) is 25.8. The second-order valence-corrected chi connectivity index (χ2v) is 5.03. The van der Waals surface area contributed by atoms with Crippen LogP contribution >= 0.6 is 11.6 Å². The summed E-state index contributed by atoms with van der Waals surface area (Å²) in [5, 5.41) is 3.08. The number of fused-ring (bicyclic) bond motifs is 1. The van der Waals surface area contributed by atoms with Crippen LogP contribution in [0.2, 0.25) is 0 Å². The molecule has 1 heterocycles. The smallest absolute Gasteiger partial charge is 0.248 e. The molecule has 0 aliphatic heterocycles. The Morgan fingerprint density at radius 2 is 2.16 bits per heavy atom. The van der Waals surface area contributed by atoms with E-state index in [2.05, 4.69) is 10.3 Å². The molecule has 19 heavy (non-hydrogen) atoms. The van der Waals surface area contributed by atoms with Crippen molar-refractivity contribution in [1.82, 2.24) is 4.98 Å². The maximum Gasteiger partial charge on any atom is 0.248 e. The van der Waals surface area contributed by atoms with Gasteiger partial charge in [0.05, 0.1) is 5.52 Å². The first-order valence-corrected chi connectivity index (χ1v) is 6.55. The van der Waals surface area contributed by atoms with Gasteiger partial charge < -0.3 is 10.3 Å². The molecule has 0 spiro atoms. The van der Waals surface area contributed by atoms with Gasteiger partial charge in [-0.3, -0.25) is 9.59 Å². The van der Waals surface area contributed by atoms with Crippen LogP contribution in [0.4, 0.5) is 5.69 Å². The van der Waals surface area contributed by atoms with Crippen molar-refractivity contribution in [3.05, 3.63) is 40.2 Å². The van der Waals surface area contributed by atoms with E-state index in [0.29, 0.717) is 11.2 Å². The fraction of sp³-hybridized carbons (Fsp3) is 0.286. The molecule has 2 rings (SSSR count). The first kappa shape index (κ1) is 13.6. The molecule has 2 N–H and O–H groups in total. The lowest BCUT2D eigenvalue weighted by atomic mass is 10.1. The first-order chi connectivity index (χ1) is 9.01. The normalized spacial score (nSPS) is 12.4. The summed E-state index contributed by atoms with van der Waals surface area (Å²) in [7, 11) is 0. The van der Waals surface area contributed by atoms with Crippen molar-refractivity contribution in [2.45, 2.75) is 25.6 Å². The van der Waals surface area contributed by atoms with E-state index < -0.39 is 5.38 Å². The van der Waals surface area contributed by atoms with Crippen molar-refractivity contribution in [2.75, 3.05) is 5.32 Å². The molecule has 0 fully saturated rings. The Labute approximate surface area is 115 Å². The number of benzene rings is 1. The number of aryl methyl sites for hydroxylation is 1. The number of nitrogens with one attached hydrogen (secondary N) is 2. The van der Waals surface area contributed by atoms with Crippen LogP contribution in [0.1, 0.15) is 19.4 Å². The molecular formula is C14H15ClN2O2. The highest BCUT2D eigenvalue weighted by molar-refractivity contribution is 6.32. The molecule has 1 aromatic carbocycles. The molecule has 0 aliphatic rings. The van der Waals surface area contributed by atoms with Crippen molar-refractivity contribution in [3.8, 4) is 0 Å². The van der Waals surface area contributed by atoms with Gasteiger partial charge in [-0.2, -0.15) is 0 Å². The van der Waals surface area contributed by atoms with E-state index in [4.69, 9.17) is 11.6 Å². The van der Waals surface area contributed by atoms with Gasteiger partial charge in [0.2, 0.25) is 11.5 Å². The molecule has 0 saturated carbocycles. The Hall–Kier alpha value is -1.81. The number of carbonyl (C=O) groups excluding carboxylic acids is 1. The Morgan fingerprint density at radius 3 is 2.79 bits per heavy atom. The largest absolute Gasteiger partial charge is 0.325 e. The standard InChI is InChI=1S/C14H15ClN2O2/c1-3-9-6-13(18)17-12-7-10(4-5-11(9)12)16-14(19)8(2)15/h4-8H,3H2,1-2H3,(H,16,19)(H,17,18). The zero-order valence-electron chi connectivity index (χ0n) is 10.8. The van der Waals surface area contributed by atoms with Crippen LogP contribution in [-0.4, -0.2) is 16.3 Å². The van der Waals surface area contributed by atoms with Gasteiger partial charge in [0, 0.05) is 17.1 Å². The van der Waals surface area contributed by atoms with Gasteiger partial charge in [-0.05, 0) is 31.0 Å². The van der Waals surface area contributed by atoms with Crippen LogP contribution in [0.25, 0.3) is 10.9 Å². The number of hydrogen-bond donors (Lipinski definition) is 2. The van der Waals surface area contributed by atoms with Crippen LogP contribution in [0.5, 0.6) is 0 Å². The lowest BCUT2D eigenvalue weighted by Gasteiger charge is -2.09. The number of alkyl halides is 1. The van der Waals surface area contributed by atoms with Gasteiger partial charge in [0.1, 0.15) is 5.38 Å². The number of anilines is 1. The summed E-state index contributed by atoms with van der Waals surface area (Å²) < 4.78 is 0. The average Bonchev–Trinajstić information content (AvgIpc) is 2.37. The van der Waals surface area contributed by atoms with Crippen molar-refractivity contribution in [3.63, 3.8) is 0 Å². The van der Waals surface area contributed by atoms with Crippen molar-refractivity contribution in [1.29, 1.82) is 0 Å². The quantitative estimate of drug-likeness (QED) is 0.848.